The number of nitrogens with zero attached hydrogens (tertiary/aromatic N) is 4. The Morgan fingerprint density at radius 2 is 1.85 bits per heavy atom. The first-order valence-electron chi connectivity index (χ1n) is 9.60. The van der Waals surface area contributed by atoms with Gasteiger partial charge in [0.2, 0.25) is 5.91 Å². The third-order valence-electron chi connectivity index (χ3n) is 5.56. The van der Waals surface area contributed by atoms with E-state index >= 15 is 0 Å². The second-order valence-corrected chi connectivity index (χ2v) is 8.78. The first-order chi connectivity index (χ1) is 12.9. The molecule has 1 saturated heterocycles. The lowest BCUT2D eigenvalue weighted by Crippen LogP contribution is -2.38. The normalized spacial score (nSPS) is 15.8. The van der Waals surface area contributed by atoms with Crippen molar-refractivity contribution in [3.63, 3.8) is 0 Å². The number of thioether (sulfide) groups is 1. The Morgan fingerprint density at radius 3 is 2.59 bits per heavy atom. The fraction of sp³-hybridized carbons (Fsp3) is 0.476. The van der Waals surface area contributed by atoms with Crippen molar-refractivity contribution >= 4 is 34.2 Å². The summed E-state index contributed by atoms with van der Waals surface area (Å²) in [6.45, 7) is 10.3. The molecule has 1 fully saturated rings. The molecule has 0 atom stereocenters. The van der Waals surface area contributed by atoms with Crippen LogP contribution in [0.25, 0.3) is 16.6 Å². The summed E-state index contributed by atoms with van der Waals surface area (Å²) in [7, 11) is 0. The number of aromatic nitrogens is 3. The van der Waals surface area contributed by atoms with Gasteiger partial charge < -0.3 is 4.90 Å². The molecule has 27 heavy (non-hydrogen) atoms. The molecule has 0 aliphatic carbocycles. The number of fused-ring (bicyclic) bond motifs is 3. The standard InChI is InChI=1S/C21H26N4OS/c1-13-5-7-24(8-6-13)19(26)12-27-21-23-22-20-16(4)11-17-15(3)9-14(2)10-18(17)25(20)21/h9-11,13H,5-8,12H2,1-4H3. The maximum atomic E-state index is 12.6. The second-order valence-electron chi connectivity index (χ2n) is 7.84. The summed E-state index contributed by atoms with van der Waals surface area (Å²) in [5.74, 6) is 1.34. The molecule has 0 N–H and O–H groups in total. The van der Waals surface area contributed by atoms with Crippen LogP contribution in [-0.4, -0.2) is 44.2 Å². The number of rotatable bonds is 3. The van der Waals surface area contributed by atoms with Gasteiger partial charge in [-0.05, 0) is 68.4 Å². The van der Waals surface area contributed by atoms with Gasteiger partial charge in [-0.1, -0.05) is 24.8 Å². The molecule has 3 aromatic rings. The third kappa shape index (κ3) is 3.43. The smallest absolute Gasteiger partial charge is 0.233 e. The summed E-state index contributed by atoms with van der Waals surface area (Å²) in [5, 5.41) is 10.8. The van der Waals surface area contributed by atoms with Gasteiger partial charge in [0, 0.05) is 18.5 Å². The minimum absolute atomic E-state index is 0.202. The van der Waals surface area contributed by atoms with Gasteiger partial charge in [0.1, 0.15) is 0 Å². The fourth-order valence-electron chi connectivity index (χ4n) is 3.92. The molecule has 0 unspecified atom stereocenters. The van der Waals surface area contributed by atoms with Crippen LogP contribution in [0.1, 0.15) is 36.5 Å². The van der Waals surface area contributed by atoms with Crippen LogP contribution < -0.4 is 0 Å². The number of hydrogen-bond donors (Lipinski definition) is 0. The number of hydrogen-bond acceptors (Lipinski definition) is 4. The first kappa shape index (κ1) is 18.3. The van der Waals surface area contributed by atoms with Gasteiger partial charge in [0.05, 0.1) is 11.3 Å². The lowest BCUT2D eigenvalue weighted by atomic mass is 9.99. The van der Waals surface area contributed by atoms with Crippen molar-refractivity contribution < 1.29 is 4.79 Å². The third-order valence-corrected chi connectivity index (χ3v) is 6.47. The summed E-state index contributed by atoms with van der Waals surface area (Å²) >= 11 is 1.49. The highest BCUT2D eigenvalue weighted by atomic mass is 32.2. The van der Waals surface area contributed by atoms with Gasteiger partial charge in [-0.25, -0.2) is 0 Å². The van der Waals surface area contributed by atoms with Gasteiger partial charge in [0.15, 0.2) is 10.8 Å². The minimum Gasteiger partial charge on any atom is -0.342 e. The van der Waals surface area contributed by atoms with Crippen LogP contribution in [0.3, 0.4) is 0 Å². The summed E-state index contributed by atoms with van der Waals surface area (Å²) < 4.78 is 2.11. The van der Waals surface area contributed by atoms with Gasteiger partial charge in [-0.3, -0.25) is 9.20 Å². The number of aryl methyl sites for hydroxylation is 3. The van der Waals surface area contributed by atoms with Crippen LogP contribution in [0.2, 0.25) is 0 Å². The number of pyridine rings is 1. The lowest BCUT2D eigenvalue weighted by molar-refractivity contribution is -0.129. The highest BCUT2D eigenvalue weighted by molar-refractivity contribution is 7.99. The van der Waals surface area contributed by atoms with Gasteiger partial charge in [-0.2, -0.15) is 0 Å². The Hall–Kier alpha value is -2.08. The second kappa shape index (κ2) is 7.15. The number of benzene rings is 1. The maximum Gasteiger partial charge on any atom is 0.233 e. The number of amides is 1. The molecule has 1 aliphatic heterocycles. The van der Waals surface area contributed by atoms with Crippen LogP contribution in [-0.2, 0) is 4.79 Å². The predicted octanol–water partition coefficient (Wildman–Crippen LogP) is 4.16. The largest absolute Gasteiger partial charge is 0.342 e. The fourth-order valence-corrected chi connectivity index (χ4v) is 4.77. The average Bonchev–Trinajstić information content (AvgIpc) is 3.06. The van der Waals surface area contributed by atoms with Crippen molar-refractivity contribution in [3.05, 3.63) is 34.9 Å². The molecule has 6 heteroatoms. The van der Waals surface area contributed by atoms with E-state index in [4.69, 9.17) is 0 Å². The maximum absolute atomic E-state index is 12.6. The van der Waals surface area contributed by atoms with Crippen LogP contribution in [0.4, 0.5) is 0 Å². The van der Waals surface area contributed by atoms with Crippen LogP contribution >= 0.6 is 11.8 Å². The van der Waals surface area contributed by atoms with Crippen molar-refractivity contribution in [2.75, 3.05) is 18.8 Å². The van der Waals surface area contributed by atoms with Gasteiger partial charge in [0.25, 0.3) is 0 Å². The van der Waals surface area contributed by atoms with E-state index in [0.717, 1.165) is 53.7 Å². The number of piperidine rings is 1. The molecule has 1 amide bonds. The molecule has 0 radical (unpaired) electrons. The van der Waals surface area contributed by atoms with E-state index in [-0.39, 0.29) is 5.91 Å². The topological polar surface area (TPSA) is 50.5 Å². The van der Waals surface area contributed by atoms with Gasteiger partial charge >= 0.3 is 0 Å². The van der Waals surface area contributed by atoms with E-state index in [1.807, 2.05) is 4.90 Å². The summed E-state index contributed by atoms with van der Waals surface area (Å²) in [6, 6.07) is 6.56. The molecular formula is C21H26N4OS. The molecule has 0 bridgehead atoms. The summed E-state index contributed by atoms with van der Waals surface area (Å²) in [5.41, 5.74) is 5.55. The molecular weight excluding hydrogens is 356 g/mol. The zero-order valence-corrected chi connectivity index (χ0v) is 17.3. The molecule has 2 aromatic heterocycles. The Morgan fingerprint density at radius 1 is 1.11 bits per heavy atom. The SMILES string of the molecule is Cc1cc(C)c2cc(C)c3nnc(SCC(=O)N4CCC(C)CC4)n3c2c1. The average molecular weight is 383 g/mol. The monoisotopic (exact) mass is 382 g/mol. The van der Waals surface area contributed by atoms with Gasteiger partial charge in [-0.15, -0.1) is 10.2 Å². The van der Waals surface area contributed by atoms with Crippen molar-refractivity contribution in [1.82, 2.24) is 19.5 Å². The molecule has 0 saturated carbocycles. The molecule has 3 heterocycles. The van der Waals surface area contributed by atoms with E-state index in [1.165, 1.54) is 28.3 Å². The zero-order chi connectivity index (χ0) is 19.1. The Labute approximate surface area is 164 Å². The predicted molar refractivity (Wildman–Crippen MR) is 110 cm³/mol. The molecule has 142 valence electrons. The van der Waals surface area contributed by atoms with E-state index in [0.29, 0.717) is 5.75 Å². The molecule has 4 rings (SSSR count). The Bertz CT molecular complexity index is 1020. The van der Waals surface area contributed by atoms with Crippen molar-refractivity contribution in [2.24, 2.45) is 5.92 Å². The minimum atomic E-state index is 0.202. The molecule has 5 nitrogen and oxygen atoms in total. The summed E-state index contributed by atoms with van der Waals surface area (Å²) in [4.78, 5) is 14.6. The van der Waals surface area contributed by atoms with E-state index in [1.54, 1.807) is 0 Å². The van der Waals surface area contributed by atoms with Crippen molar-refractivity contribution in [1.29, 1.82) is 0 Å². The molecule has 1 aromatic carbocycles. The molecule has 0 spiro atoms. The highest BCUT2D eigenvalue weighted by Gasteiger charge is 2.21. The van der Waals surface area contributed by atoms with Crippen LogP contribution in [0.15, 0.2) is 23.4 Å². The highest BCUT2D eigenvalue weighted by Crippen LogP contribution is 2.28. The first-order valence-corrected chi connectivity index (χ1v) is 10.6. The summed E-state index contributed by atoms with van der Waals surface area (Å²) in [6.07, 6.45) is 2.21. The number of carbonyl (C=O) groups is 1. The van der Waals surface area contributed by atoms with E-state index in [9.17, 15) is 4.79 Å². The number of likely N-dealkylation sites (tertiary alicyclic amines) is 1. The quantitative estimate of drug-likeness (QED) is 0.638. The Kier molecular flexibility index (Phi) is 4.84. The van der Waals surface area contributed by atoms with Crippen molar-refractivity contribution in [2.45, 2.75) is 45.7 Å². The van der Waals surface area contributed by atoms with Crippen LogP contribution in [0.5, 0.6) is 0 Å². The van der Waals surface area contributed by atoms with E-state index < -0.39 is 0 Å². The Balaban J connectivity index is 1.65. The van der Waals surface area contributed by atoms with Crippen LogP contribution in [0, 0.1) is 26.7 Å². The van der Waals surface area contributed by atoms with E-state index in [2.05, 4.69) is 60.5 Å². The van der Waals surface area contributed by atoms with Crippen molar-refractivity contribution in [3.8, 4) is 0 Å². The zero-order valence-electron chi connectivity index (χ0n) is 16.5. The molecule has 1 aliphatic rings. The lowest BCUT2D eigenvalue weighted by Gasteiger charge is -2.30. The number of carbonyl (C=O) groups excluding carboxylic acids is 1.